The summed E-state index contributed by atoms with van der Waals surface area (Å²) < 4.78 is 2.70. The number of hydrogen-bond donors (Lipinski definition) is 1. The largest absolute Gasteiger partial charge is 0.316 e. The number of piperidine rings is 1. The highest BCUT2D eigenvalue weighted by Crippen LogP contribution is 2.32. The van der Waals surface area contributed by atoms with Crippen molar-refractivity contribution in [3.05, 3.63) is 32.2 Å². The Morgan fingerprint density at radius 1 is 1.50 bits per heavy atom. The number of hydrogen-bond acceptors (Lipinski definition) is 2. The van der Waals surface area contributed by atoms with Crippen LogP contribution in [0, 0.1) is 12.8 Å². The summed E-state index contributed by atoms with van der Waals surface area (Å²) in [4.78, 5) is 12.2. The first-order valence-electron chi connectivity index (χ1n) is 5.77. The minimum atomic E-state index is 0.145. The molecular weight excluding hydrogens is 268 g/mol. The van der Waals surface area contributed by atoms with Crippen molar-refractivity contribution in [1.82, 2.24) is 9.88 Å². The molecule has 1 N–H and O–H groups in total. The number of halogens is 1. The van der Waals surface area contributed by atoms with E-state index in [9.17, 15) is 4.79 Å². The Morgan fingerprint density at radius 3 is 3.12 bits per heavy atom. The lowest BCUT2D eigenvalue weighted by molar-refractivity contribution is 0.256. The molecule has 2 aliphatic heterocycles. The van der Waals surface area contributed by atoms with E-state index in [0.717, 1.165) is 29.7 Å². The van der Waals surface area contributed by atoms with Crippen LogP contribution in [0.1, 0.15) is 23.6 Å². The van der Waals surface area contributed by atoms with Crippen LogP contribution in [0.25, 0.3) is 0 Å². The molecule has 3 rings (SSSR count). The van der Waals surface area contributed by atoms with Crippen molar-refractivity contribution in [2.24, 2.45) is 5.92 Å². The standard InChI is InChI=1S/C12H15BrN2O/c1-7-2-10-9-3-8(4-14-5-9)6-15(10)12(16)11(7)13/h2,8-9,14H,3-6H2,1H3/t8?,9-/m0/s1. The van der Waals surface area contributed by atoms with Crippen LogP contribution in [0.2, 0.25) is 0 Å². The van der Waals surface area contributed by atoms with Gasteiger partial charge in [-0.25, -0.2) is 0 Å². The quantitative estimate of drug-likeness (QED) is 0.785. The van der Waals surface area contributed by atoms with Crippen LogP contribution in [0.3, 0.4) is 0 Å². The molecule has 1 fully saturated rings. The van der Waals surface area contributed by atoms with Gasteiger partial charge in [0.1, 0.15) is 0 Å². The van der Waals surface area contributed by atoms with Gasteiger partial charge in [0.05, 0.1) is 4.47 Å². The fourth-order valence-electron chi connectivity index (χ4n) is 2.95. The van der Waals surface area contributed by atoms with Crippen molar-refractivity contribution in [3.63, 3.8) is 0 Å². The van der Waals surface area contributed by atoms with Crippen molar-refractivity contribution in [2.45, 2.75) is 25.8 Å². The van der Waals surface area contributed by atoms with Crippen molar-refractivity contribution >= 4 is 15.9 Å². The third-order valence-electron chi connectivity index (χ3n) is 3.76. The molecule has 1 aromatic rings. The predicted molar refractivity (Wildman–Crippen MR) is 66.9 cm³/mol. The zero-order valence-corrected chi connectivity index (χ0v) is 10.9. The molecule has 0 spiro atoms. The van der Waals surface area contributed by atoms with Crippen LogP contribution in [-0.4, -0.2) is 17.7 Å². The lowest BCUT2D eigenvalue weighted by atomic mass is 9.84. The predicted octanol–water partition coefficient (Wildman–Crippen LogP) is 1.63. The van der Waals surface area contributed by atoms with E-state index >= 15 is 0 Å². The van der Waals surface area contributed by atoms with Gasteiger partial charge in [0.25, 0.3) is 5.56 Å². The Labute approximate surface area is 103 Å². The second-order valence-corrected chi connectivity index (χ2v) is 5.73. The maximum absolute atomic E-state index is 12.2. The number of fused-ring (bicyclic) bond motifs is 4. The van der Waals surface area contributed by atoms with Crippen molar-refractivity contribution in [2.75, 3.05) is 13.1 Å². The summed E-state index contributed by atoms with van der Waals surface area (Å²) in [6, 6.07) is 2.17. The van der Waals surface area contributed by atoms with E-state index in [0.29, 0.717) is 11.8 Å². The molecule has 16 heavy (non-hydrogen) atoms. The molecule has 0 radical (unpaired) electrons. The highest BCUT2D eigenvalue weighted by molar-refractivity contribution is 9.10. The van der Waals surface area contributed by atoms with E-state index in [1.807, 2.05) is 11.5 Å². The molecule has 0 aromatic carbocycles. The fourth-order valence-corrected chi connectivity index (χ4v) is 3.28. The summed E-state index contributed by atoms with van der Waals surface area (Å²) in [5, 5.41) is 3.45. The van der Waals surface area contributed by atoms with E-state index in [-0.39, 0.29) is 5.56 Å². The van der Waals surface area contributed by atoms with E-state index in [1.54, 1.807) is 0 Å². The highest BCUT2D eigenvalue weighted by atomic mass is 79.9. The van der Waals surface area contributed by atoms with E-state index < -0.39 is 0 Å². The number of aryl methyl sites for hydroxylation is 1. The molecule has 2 aliphatic rings. The first-order valence-corrected chi connectivity index (χ1v) is 6.56. The normalized spacial score (nSPS) is 27.6. The highest BCUT2D eigenvalue weighted by Gasteiger charge is 2.31. The van der Waals surface area contributed by atoms with E-state index in [4.69, 9.17) is 0 Å². The summed E-state index contributed by atoms with van der Waals surface area (Å²) in [6.45, 7) is 4.93. The third kappa shape index (κ3) is 1.47. The monoisotopic (exact) mass is 282 g/mol. The van der Waals surface area contributed by atoms with Gasteiger partial charge in [0.15, 0.2) is 0 Å². The lowest BCUT2D eigenvalue weighted by Crippen LogP contribution is -2.45. The Hall–Kier alpha value is -0.610. The van der Waals surface area contributed by atoms with Gasteiger partial charge in [0.2, 0.25) is 0 Å². The van der Waals surface area contributed by atoms with E-state index in [1.165, 1.54) is 12.1 Å². The smallest absolute Gasteiger partial charge is 0.265 e. The maximum Gasteiger partial charge on any atom is 0.265 e. The third-order valence-corrected chi connectivity index (χ3v) is 4.72. The average Bonchev–Trinajstić information content (AvgIpc) is 2.29. The molecule has 4 heteroatoms. The average molecular weight is 283 g/mol. The van der Waals surface area contributed by atoms with Crippen LogP contribution >= 0.6 is 15.9 Å². The number of rotatable bonds is 0. The molecule has 0 amide bonds. The Balaban J connectivity index is 2.20. The van der Waals surface area contributed by atoms with Gasteiger partial charge in [-0.2, -0.15) is 0 Å². The molecule has 2 bridgehead atoms. The second kappa shape index (κ2) is 3.70. The molecule has 0 aliphatic carbocycles. The maximum atomic E-state index is 12.2. The van der Waals surface area contributed by atoms with Gasteiger partial charge in [-0.15, -0.1) is 0 Å². The minimum Gasteiger partial charge on any atom is -0.316 e. The van der Waals surface area contributed by atoms with Gasteiger partial charge < -0.3 is 9.88 Å². The second-order valence-electron chi connectivity index (χ2n) is 4.94. The molecule has 2 atom stereocenters. The van der Waals surface area contributed by atoms with Crippen LogP contribution < -0.4 is 10.9 Å². The topological polar surface area (TPSA) is 34.0 Å². The Bertz CT molecular complexity index is 495. The number of pyridine rings is 1. The molecule has 86 valence electrons. The molecular formula is C12H15BrN2O. The molecule has 3 nitrogen and oxygen atoms in total. The zero-order valence-electron chi connectivity index (χ0n) is 9.29. The van der Waals surface area contributed by atoms with Crippen LogP contribution in [0.4, 0.5) is 0 Å². The Morgan fingerprint density at radius 2 is 2.31 bits per heavy atom. The SMILES string of the molecule is Cc1cc2n(c(=O)c1Br)CC1CNC[C@@H]2C1. The van der Waals surface area contributed by atoms with Gasteiger partial charge in [-0.05, 0) is 53.4 Å². The summed E-state index contributed by atoms with van der Waals surface area (Å²) in [6.07, 6.45) is 1.23. The number of aromatic nitrogens is 1. The summed E-state index contributed by atoms with van der Waals surface area (Å²) >= 11 is 3.39. The van der Waals surface area contributed by atoms with Crippen LogP contribution in [0.15, 0.2) is 15.3 Å². The minimum absolute atomic E-state index is 0.145. The van der Waals surface area contributed by atoms with Gasteiger partial charge in [-0.1, -0.05) is 0 Å². The van der Waals surface area contributed by atoms with Crippen LogP contribution in [0.5, 0.6) is 0 Å². The molecule has 1 aromatic heterocycles. The van der Waals surface area contributed by atoms with Gasteiger partial charge in [0, 0.05) is 24.7 Å². The molecule has 1 unspecified atom stereocenters. The van der Waals surface area contributed by atoms with Crippen molar-refractivity contribution in [1.29, 1.82) is 0 Å². The van der Waals surface area contributed by atoms with Crippen molar-refractivity contribution < 1.29 is 0 Å². The summed E-state index contributed by atoms with van der Waals surface area (Å²) in [5.74, 6) is 1.14. The van der Waals surface area contributed by atoms with Gasteiger partial charge in [-0.3, -0.25) is 4.79 Å². The van der Waals surface area contributed by atoms with E-state index in [2.05, 4.69) is 27.3 Å². The number of nitrogens with one attached hydrogen (secondary N) is 1. The zero-order chi connectivity index (χ0) is 11.3. The fraction of sp³-hybridized carbons (Fsp3) is 0.583. The lowest BCUT2D eigenvalue weighted by Gasteiger charge is -2.37. The van der Waals surface area contributed by atoms with Gasteiger partial charge >= 0.3 is 0 Å². The first-order chi connectivity index (χ1) is 7.66. The van der Waals surface area contributed by atoms with Crippen LogP contribution in [-0.2, 0) is 6.54 Å². The Kier molecular flexibility index (Phi) is 2.44. The molecule has 1 saturated heterocycles. The molecule has 3 heterocycles. The first kappa shape index (κ1) is 10.5. The van der Waals surface area contributed by atoms with Crippen molar-refractivity contribution in [3.8, 4) is 0 Å². The number of nitrogens with zero attached hydrogens (tertiary/aromatic N) is 1. The molecule has 0 saturated carbocycles. The summed E-state index contributed by atoms with van der Waals surface area (Å²) in [7, 11) is 0. The summed E-state index contributed by atoms with van der Waals surface area (Å²) in [5.41, 5.74) is 2.42.